The molecule has 1 saturated heterocycles. The van der Waals surface area contributed by atoms with Gasteiger partial charge in [0.25, 0.3) is 5.91 Å². The van der Waals surface area contributed by atoms with Gasteiger partial charge in [-0.3, -0.25) is 19.3 Å². The molecule has 0 aromatic carbocycles. The van der Waals surface area contributed by atoms with Crippen LogP contribution < -0.4 is 0 Å². The van der Waals surface area contributed by atoms with E-state index in [9.17, 15) is 19.5 Å². The molecule has 6 rings (SSSR count). The van der Waals surface area contributed by atoms with E-state index in [2.05, 4.69) is 24.8 Å². The van der Waals surface area contributed by atoms with E-state index in [1.165, 1.54) is 17.4 Å². The predicted molar refractivity (Wildman–Crippen MR) is 138 cm³/mol. The molecule has 0 bridgehead atoms. The smallest absolute Gasteiger partial charge is 0.289 e. The van der Waals surface area contributed by atoms with Gasteiger partial charge < -0.3 is 14.4 Å². The first-order valence-corrected chi connectivity index (χ1v) is 13.9. The van der Waals surface area contributed by atoms with Gasteiger partial charge in [-0.25, -0.2) is 0 Å². The van der Waals surface area contributed by atoms with Crippen molar-refractivity contribution in [2.75, 3.05) is 32.7 Å². The number of Topliss-reactive ketones (excluding diaryl/α,β-unsaturated/α-hetero) is 1. The van der Waals surface area contributed by atoms with Crippen LogP contribution in [0.3, 0.4) is 0 Å². The number of piperazine rings is 1. The van der Waals surface area contributed by atoms with Crippen LogP contribution in [0.2, 0.25) is 0 Å². The second-order valence-corrected chi connectivity index (χ2v) is 12.4. The zero-order valence-electron chi connectivity index (χ0n) is 22.0. The van der Waals surface area contributed by atoms with Crippen molar-refractivity contribution in [1.29, 1.82) is 0 Å². The van der Waals surface area contributed by atoms with Crippen LogP contribution in [0.5, 0.6) is 0 Å². The van der Waals surface area contributed by atoms with Crippen molar-refractivity contribution in [2.45, 2.75) is 64.4 Å². The van der Waals surface area contributed by atoms with Crippen molar-refractivity contribution < 1.29 is 23.9 Å². The van der Waals surface area contributed by atoms with E-state index in [0.717, 1.165) is 25.7 Å². The number of amides is 1. The lowest BCUT2D eigenvalue weighted by Crippen LogP contribution is -2.58. The fourth-order valence-electron chi connectivity index (χ4n) is 8.33. The largest absolute Gasteiger partial charge is 0.459 e. The van der Waals surface area contributed by atoms with Crippen molar-refractivity contribution >= 4 is 17.5 Å². The molecule has 4 aliphatic carbocycles. The molecule has 1 aliphatic heterocycles. The predicted octanol–water partition coefficient (Wildman–Crippen LogP) is 3.79. The Bertz CT molecular complexity index is 1180. The number of rotatable bonds is 4. The van der Waals surface area contributed by atoms with Crippen molar-refractivity contribution in [1.82, 2.24) is 9.80 Å². The van der Waals surface area contributed by atoms with Gasteiger partial charge >= 0.3 is 0 Å². The minimum absolute atomic E-state index is 0.0460. The van der Waals surface area contributed by atoms with Crippen LogP contribution in [0.4, 0.5) is 0 Å². The van der Waals surface area contributed by atoms with E-state index in [-0.39, 0.29) is 35.4 Å². The highest BCUT2D eigenvalue weighted by Crippen LogP contribution is 2.65. The molecule has 1 N–H and O–H groups in total. The second-order valence-electron chi connectivity index (χ2n) is 12.4. The summed E-state index contributed by atoms with van der Waals surface area (Å²) in [6.07, 6.45) is 11.2. The zero-order valence-corrected chi connectivity index (χ0v) is 22.0. The lowest BCUT2D eigenvalue weighted by Gasteiger charge is -2.54. The first-order chi connectivity index (χ1) is 17.7. The van der Waals surface area contributed by atoms with Gasteiger partial charge in [0, 0.05) is 43.4 Å². The lowest BCUT2D eigenvalue weighted by molar-refractivity contribution is -0.154. The van der Waals surface area contributed by atoms with Gasteiger partial charge in [-0.2, -0.15) is 0 Å². The number of ketones is 2. The summed E-state index contributed by atoms with van der Waals surface area (Å²) in [5, 5.41) is 12.0. The molecule has 5 aliphatic rings. The SMILES string of the molecule is C[C@]12CCC(=O)C=C1CC[C@@H]1C2=CC[C@@]2(C)[C@H]1CC[C@]2(O)C(=O)CN1CCN(C(=O)c2ccco2)CC1. The van der Waals surface area contributed by atoms with Gasteiger partial charge in [-0.15, -0.1) is 0 Å². The van der Waals surface area contributed by atoms with Crippen molar-refractivity contribution in [3.8, 4) is 0 Å². The minimum Gasteiger partial charge on any atom is -0.459 e. The third kappa shape index (κ3) is 3.72. The molecule has 0 radical (unpaired) electrons. The summed E-state index contributed by atoms with van der Waals surface area (Å²) in [5.41, 5.74) is 0.880. The Kier molecular flexibility index (Phi) is 5.88. The standard InChI is InChI=1S/C30H38N2O5/c1-28-10-7-21(33)18-20(28)5-6-22-23(28)8-11-29(2)24(22)9-12-30(29,36)26(34)19-31-13-15-32(16-14-31)27(35)25-4-3-17-37-25/h3-4,8,17-18,22,24,36H,5-7,9-16,19H2,1-2H3/t22-,24+,28+,29+,30+/m1/s1. The number of hydrogen-bond donors (Lipinski definition) is 1. The average molecular weight is 507 g/mol. The molecule has 7 nitrogen and oxygen atoms in total. The van der Waals surface area contributed by atoms with Crippen molar-refractivity contribution in [2.24, 2.45) is 22.7 Å². The van der Waals surface area contributed by atoms with E-state index in [1.54, 1.807) is 17.0 Å². The van der Waals surface area contributed by atoms with Gasteiger partial charge in [-0.05, 0) is 68.6 Å². The Morgan fingerprint density at radius 1 is 1.11 bits per heavy atom. The van der Waals surface area contributed by atoms with Crippen LogP contribution >= 0.6 is 0 Å². The number of nitrogens with zero attached hydrogens (tertiary/aromatic N) is 2. The van der Waals surface area contributed by atoms with Gasteiger partial charge in [0.2, 0.25) is 0 Å². The molecule has 2 saturated carbocycles. The summed E-state index contributed by atoms with van der Waals surface area (Å²) in [6.45, 7) is 6.94. The van der Waals surface area contributed by atoms with Crippen LogP contribution in [-0.4, -0.2) is 70.7 Å². The molecule has 7 heteroatoms. The Morgan fingerprint density at radius 2 is 1.89 bits per heavy atom. The lowest BCUT2D eigenvalue weighted by atomic mass is 9.50. The maximum Gasteiger partial charge on any atom is 0.289 e. The molecule has 37 heavy (non-hydrogen) atoms. The van der Waals surface area contributed by atoms with E-state index in [1.807, 2.05) is 6.08 Å². The molecule has 1 aromatic rings. The van der Waals surface area contributed by atoms with Gasteiger partial charge in [0.1, 0.15) is 5.60 Å². The van der Waals surface area contributed by atoms with Gasteiger partial charge in [0.05, 0.1) is 12.8 Å². The fraction of sp³-hybridized carbons (Fsp3) is 0.633. The number of carbonyl (C=O) groups excluding carboxylic acids is 3. The van der Waals surface area contributed by atoms with Crippen LogP contribution in [0.15, 0.2) is 46.1 Å². The van der Waals surface area contributed by atoms with E-state index in [4.69, 9.17) is 4.42 Å². The Labute approximate surface area is 218 Å². The molecule has 1 aromatic heterocycles. The summed E-state index contributed by atoms with van der Waals surface area (Å²) in [7, 11) is 0. The Morgan fingerprint density at radius 3 is 2.62 bits per heavy atom. The Hall–Kier alpha value is -2.51. The minimum atomic E-state index is -1.33. The van der Waals surface area contributed by atoms with Crippen LogP contribution in [0.25, 0.3) is 0 Å². The summed E-state index contributed by atoms with van der Waals surface area (Å²) < 4.78 is 5.25. The van der Waals surface area contributed by atoms with Crippen LogP contribution in [0.1, 0.15) is 69.3 Å². The van der Waals surface area contributed by atoms with Crippen LogP contribution in [0, 0.1) is 22.7 Å². The van der Waals surface area contributed by atoms with Crippen molar-refractivity contribution in [3.63, 3.8) is 0 Å². The molecule has 0 spiro atoms. The summed E-state index contributed by atoms with van der Waals surface area (Å²) in [4.78, 5) is 42.2. The van der Waals surface area contributed by atoms with E-state index >= 15 is 0 Å². The maximum absolute atomic E-state index is 13.7. The van der Waals surface area contributed by atoms with E-state index in [0.29, 0.717) is 57.1 Å². The summed E-state index contributed by atoms with van der Waals surface area (Å²) >= 11 is 0. The van der Waals surface area contributed by atoms with Gasteiger partial charge in [-0.1, -0.05) is 31.1 Å². The molecule has 2 heterocycles. The molecular weight excluding hydrogens is 468 g/mol. The zero-order chi connectivity index (χ0) is 26.0. The van der Waals surface area contributed by atoms with Gasteiger partial charge in [0.15, 0.2) is 17.3 Å². The second kappa shape index (κ2) is 8.77. The normalized spacial score (nSPS) is 37.8. The third-order valence-electron chi connectivity index (χ3n) is 10.7. The molecular formula is C30H38N2O5. The number of carbonyl (C=O) groups is 3. The van der Waals surface area contributed by atoms with Crippen molar-refractivity contribution in [3.05, 3.63) is 47.5 Å². The quantitative estimate of drug-likeness (QED) is 0.625. The fourth-order valence-corrected chi connectivity index (χ4v) is 8.33. The molecule has 5 atom stereocenters. The average Bonchev–Trinajstić information content (AvgIpc) is 3.52. The molecule has 0 unspecified atom stereocenters. The summed E-state index contributed by atoms with van der Waals surface area (Å²) in [5.74, 6) is 1.04. The number of allylic oxidation sites excluding steroid dienone is 4. The highest BCUT2D eigenvalue weighted by Gasteiger charge is 2.64. The number of hydrogen-bond acceptors (Lipinski definition) is 6. The molecule has 1 amide bonds. The summed E-state index contributed by atoms with van der Waals surface area (Å²) in [6, 6.07) is 3.38. The first kappa shape index (κ1) is 24.8. The Balaban J connectivity index is 1.15. The molecule has 3 fully saturated rings. The number of aliphatic hydroxyl groups is 1. The third-order valence-corrected chi connectivity index (χ3v) is 10.7. The van der Waals surface area contributed by atoms with Crippen LogP contribution in [-0.2, 0) is 9.59 Å². The number of furan rings is 1. The number of fused-ring (bicyclic) bond motifs is 5. The highest BCUT2D eigenvalue weighted by molar-refractivity contribution is 5.93. The highest BCUT2D eigenvalue weighted by atomic mass is 16.3. The molecule has 198 valence electrons. The van der Waals surface area contributed by atoms with E-state index < -0.39 is 11.0 Å². The monoisotopic (exact) mass is 506 g/mol. The topological polar surface area (TPSA) is 91.1 Å². The first-order valence-electron chi connectivity index (χ1n) is 13.9. The maximum atomic E-state index is 13.7.